The maximum Gasteiger partial charge on any atom is 0.263 e. The summed E-state index contributed by atoms with van der Waals surface area (Å²) in [7, 11) is 0. The van der Waals surface area contributed by atoms with E-state index in [2.05, 4.69) is 10.3 Å². The fourth-order valence-corrected chi connectivity index (χ4v) is 4.42. The van der Waals surface area contributed by atoms with Crippen LogP contribution in [0, 0.1) is 12.7 Å². The molecule has 1 fully saturated rings. The molecule has 0 radical (unpaired) electrons. The first-order chi connectivity index (χ1) is 13.6. The molecule has 2 atom stereocenters. The first-order valence-corrected chi connectivity index (χ1v) is 10.1. The van der Waals surface area contributed by atoms with Crippen LogP contribution in [0.3, 0.4) is 0 Å². The molecule has 1 amide bonds. The number of benzene rings is 2. The van der Waals surface area contributed by atoms with Crippen molar-refractivity contribution in [2.45, 2.75) is 31.9 Å². The molecule has 2 unspecified atom stereocenters. The summed E-state index contributed by atoms with van der Waals surface area (Å²) in [6.45, 7) is 2.52. The maximum absolute atomic E-state index is 13.3. The van der Waals surface area contributed by atoms with Gasteiger partial charge in [0, 0.05) is 12.2 Å². The molecule has 0 aliphatic carbocycles. The number of aromatic nitrogens is 1. The Balaban J connectivity index is 1.59. The van der Waals surface area contributed by atoms with Crippen molar-refractivity contribution in [1.29, 1.82) is 0 Å². The Bertz CT molecular complexity index is 950. The van der Waals surface area contributed by atoms with Crippen molar-refractivity contribution in [3.63, 3.8) is 0 Å². The average molecular weight is 396 g/mol. The van der Waals surface area contributed by atoms with Crippen molar-refractivity contribution in [3.05, 3.63) is 76.5 Å². The van der Waals surface area contributed by atoms with Gasteiger partial charge >= 0.3 is 0 Å². The van der Waals surface area contributed by atoms with Gasteiger partial charge in [-0.1, -0.05) is 42.5 Å². The SMILES string of the molecule is Cc1nc(-c2ccccc2)sc1C(=O)NC(c1ccc(F)cc1)C1CCCO1. The minimum Gasteiger partial charge on any atom is -0.376 e. The van der Waals surface area contributed by atoms with Gasteiger partial charge in [0.2, 0.25) is 0 Å². The highest BCUT2D eigenvalue weighted by Crippen LogP contribution is 2.31. The fraction of sp³-hybridized carbons (Fsp3) is 0.273. The zero-order valence-corrected chi connectivity index (χ0v) is 16.3. The summed E-state index contributed by atoms with van der Waals surface area (Å²) in [5.74, 6) is -0.478. The zero-order chi connectivity index (χ0) is 19.5. The van der Waals surface area contributed by atoms with E-state index in [9.17, 15) is 9.18 Å². The molecule has 0 spiro atoms. The molecule has 0 saturated carbocycles. The van der Waals surface area contributed by atoms with Gasteiger partial charge < -0.3 is 10.1 Å². The summed E-state index contributed by atoms with van der Waals surface area (Å²) in [6, 6.07) is 15.7. The van der Waals surface area contributed by atoms with Gasteiger partial charge in [0.15, 0.2) is 0 Å². The number of halogens is 1. The largest absolute Gasteiger partial charge is 0.376 e. The Morgan fingerprint density at radius 2 is 1.96 bits per heavy atom. The summed E-state index contributed by atoms with van der Waals surface area (Å²) in [5, 5.41) is 3.92. The molecule has 6 heteroatoms. The van der Waals surface area contributed by atoms with Crippen LogP contribution in [0.5, 0.6) is 0 Å². The molecule has 1 saturated heterocycles. The number of carbonyl (C=O) groups excluding carboxylic acids is 1. The van der Waals surface area contributed by atoms with Crippen LogP contribution in [0.2, 0.25) is 0 Å². The Hall–Kier alpha value is -2.57. The lowest BCUT2D eigenvalue weighted by molar-refractivity contribution is 0.0674. The highest BCUT2D eigenvalue weighted by molar-refractivity contribution is 7.17. The van der Waals surface area contributed by atoms with E-state index < -0.39 is 0 Å². The third-order valence-corrected chi connectivity index (χ3v) is 6.08. The van der Waals surface area contributed by atoms with Gasteiger partial charge in [0.05, 0.1) is 17.8 Å². The first-order valence-electron chi connectivity index (χ1n) is 9.32. The van der Waals surface area contributed by atoms with Crippen molar-refractivity contribution in [2.24, 2.45) is 0 Å². The van der Waals surface area contributed by atoms with Crippen LogP contribution in [0.1, 0.15) is 39.8 Å². The van der Waals surface area contributed by atoms with E-state index >= 15 is 0 Å². The highest BCUT2D eigenvalue weighted by Gasteiger charge is 2.30. The number of amides is 1. The molecule has 3 aromatic rings. The van der Waals surface area contributed by atoms with E-state index in [0.29, 0.717) is 17.2 Å². The van der Waals surface area contributed by atoms with Gasteiger partial charge in [-0.2, -0.15) is 0 Å². The lowest BCUT2D eigenvalue weighted by atomic mass is 9.99. The Morgan fingerprint density at radius 3 is 2.64 bits per heavy atom. The molecule has 144 valence electrons. The summed E-state index contributed by atoms with van der Waals surface area (Å²) in [4.78, 5) is 18.2. The van der Waals surface area contributed by atoms with Crippen LogP contribution < -0.4 is 5.32 Å². The Kier molecular flexibility index (Phi) is 5.50. The molecule has 1 aromatic heterocycles. The Labute approximate surface area is 167 Å². The molecule has 28 heavy (non-hydrogen) atoms. The molecule has 2 aromatic carbocycles. The molecule has 2 heterocycles. The van der Waals surface area contributed by atoms with E-state index in [1.807, 2.05) is 37.3 Å². The summed E-state index contributed by atoms with van der Waals surface area (Å²) < 4.78 is 19.2. The summed E-state index contributed by atoms with van der Waals surface area (Å²) >= 11 is 1.38. The van der Waals surface area contributed by atoms with Gasteiger partial charge in [0.25, 0.3) is 5.91 Å². The van der Waals surface area contributed by atoms with E-state index in [-0.39, 0.29) is 23.9 Å². The predicted octanol–water partition coefficient (Wildman–Crippen LogP) is 4.91. The first kappa shape index (κ1) is 18.8. The number of aryl methyl sites for hydroxylation is 1. The molecular formula is C22H21FN2O2S. The lowest BCUT2D eigenvalue weighted by Crippen LogP contribution is -2.36. The molecule has 1 aliphatic rings. The monoisotopic (exact) mass is 396 g/mol. The van der Waals surface area contributed by atoms with Crippen molar-refractivity contribution >= 4 is 17.2 Å². The van der Waals surface area contributed by atoms with Gasteiger partial charge in [-0.05, 0) is 37.5 Å². The normalized spacial score (nSPS) is 17.4. The third kappa shape index (κ3) is 3.98. The van der Waals surface area contributed by atoms with Crippen molar-refractivity contribution < 1.29 is 13.9 Å². The number of thiazole rings is 1. The second-order valence-electron chi connectivity index (χ2n) is 6.85. The van der Waals surface area contributed by atoms with Crippen molar-refractivity contribution in [1.82, 2.24) is 10.3 Å². The number of ether oxygens (including phenoxy) is 1. The minimum absolute atomic E-state index is 0.115. The number of carbonyl (C=O) groups is 1. The number of nitrogens with one attached hydrogen (secondary N) is 1. The van der Waals surface area contributed by atoms with Gasteiger partial charge in [-0.15, -0.1) is 11.3 Å². The molecule has 4 rings (SSSR count). The fourth-order valence-electron chi connectivity index (χ4n) is 3.44. The third-order valence-electron chi connectivity index (χ3n) is 4.88. The van der Waals surface area contributed by atoms with Crippen LogP contribution in [0.15, 0.2) is 54.6 Å². The van der Waals surface area contributed by atoms with Crippen LogP contribution in [-0.4, -0.2) is 23.6 Å². The van der Waals surface area contributed by atoms with Crippen molar-refractivity contribution in [2.75, 3.05) is 6.61 Å². The van der Waals surface area contributed by atoms with E-state index in [1.54, 1.807) is 12.1 Å². The number of hydrogen-bond donors (Lipinski definition) is 1. The molecule has 1 N–H and O–H groups in total. The van der Waals surface area contributed by atoms with Gasteiger partial charge in [0.1, 0.15) is 15.7 Å². The van der Waals surface area contributed by atoms with Crippen LogP contribution >= 0.6 is 11.3 Å². The number of rotatable bonds is 5. The van der Waals surface area contributed by atoms with Crippen LogP contribution in [0.4, 0.5) is 4.39 Å². The van der Waals surface area contributed by atoms with Gasteiger partial charge in [-0.25, -0.2) is 9.37 Å². The molecule has 1 aliphatic heterocycles. The standard InChI is InChI=1S/C22H21FN2O2S/c1-14-20(28-22(24-14)16-6-3-2-4-7-16)21(26)25-19(18-8-5-13-27-18)15-9-11-17(23)12-10-15/h2-4,6-7,9-12,18-19H,5,8,13H2,1H3,(H,25,26). The second-order valence-corrected chi connectivity index (χ2v) is 7.85. The number of hydrogen-bond acceptors (Lipinski definition) is 4. The predicted molar refractivity (Wildman–Crippen MR) is 108 cm³/mol. The zero-order valence-electron chi connectivity index (χ0n) is 15.5. The lowest BCUT2D eigenvalue weighted by Gasteiger charge is -2.24. The van der Waals surface area contributed by atoms with E-state index in [4.69, 9.17) is 4.74 Å². The smallest absolute Gasteiger partial charge is 0.263 e. The maximum atomic E-state index is 13.3. The summed E-state index contributed by atoms with van der Waals surface area (Å²) in [6.07, 6.45) is 1.70. The Morgan fingerprint density at radius 1 is 1.21 bits per heavy atom. The molecule has 0 bridgehead atoms. The average Bonchev–Trinajstić information content (AvgIpc) is 3.37. The van der Waals surface area contributed by atoms with Gasteiger partial charge in [-0.3, -0.25) is 4.79 Å². The quantitative estimate of drug-likeness (QED) is 0.667. The van der Waals surface area contributed by atoms with Crippen molar-refractivity contribution in [3.8, 4) is 10.6 Å². The highest BCUT2D eigenvalue weighted by atomic mass is 32.1. The van der Waals surface area contributed by atoms with E-state index in [0.717, 1.165) is 29.0 Å². The minimum atomic E-state index is -0.322. The number of nitrogens with zero attached hydrogens (tertiary/aromatic N) is 1. The molecular weight excluding hydrogens is 375 g/mol. The second kappa shape index (κ2) is 8.20. The van der Waals surface area contributed by atoms with Crippen LogP contribution in [-0.2, 0) is 4.74 Å². The summed E-state index contributed by atoms with van der Waals surface area (Å²) in [5.41, 5.74) is 2.53. The molecule has 4 nitrogen and oxygen atoms in total. The van der Waals surface area contributed by atoms with Crippen LogP contribution in [0.25, 0.3) is 10.6 Å². The van der Waals surface area contributed by atoms with E-state index in [1.165, 1.54) is 23.5 Å². The topological polar surface area (TPSA) is 51.2 Å².